The Bertz CT molecular complexity index is 411. The number of hydrogen-bond donors (Lipinski definition) is 1. The standard InChI is InChI=1S/C16H25BrN2O/c1-12-10-19(11-13(2)18(12)3)9-8-16(20)14-4-6-15(17)7-5-14/h4-7,12-13,16,20H,8-11H2,1-3H3. The first kappa shape index (κ1) is 16.0. The molecular weight excluding hydrogens is 316 g/mol. The van der Waals surface area contributed by atoms with E-state index in [2.05, 4.69) is 46.6 Å². The van der Waals surface area contributed by atoms with Gasteiger partial charge in [0.05, 0.1) is 6.10 Å². The SMILES string of the molecule is CC1CN(CCC(O)c2ccc(Br)cc2)CC(C)N1C. The van der Waals surface area contributed by atoms with Crippen LogP contribution in [0.15, 0.2) is 28.7 Å². The van der Waals surface area contributed by atoms with E-state index in [4.69, 9.17) is 0 Å². The van der Waals surface area contributed by atoms with Gasteiger partial charge < -0.3 is 10.0 Å². The molecule has 3 unspecified atom stereocenters. The van der Waals surface area contributed by atoms with Gasteiger partial charge >= 0.3 is 0 Å². The van der Waals surface area contributed by atoms with Gasteiger partial charge in [0.25, 0.3) is 0 Å². The molecule has 0 bridgehead atoms. The summed E-state index contributed by atoms with van der Waals surface area (Å²) in [5.41, 5.74) is 1.00. The van der Waals surface area contributed by atoms with Crippen LogP contribution in [-0.2, 0) is 0 Å². The van der Waals surface area contributed by atoms with Gasteiger partial charge in [-0.3, -0.25) is 4.90 Å². The molecule has 1 aliphatic heterocycles. The van der Waals surface area contributed by atoms with Crippen molar-refractivity contribution in [2.24, 2.45) is 0 Å². The van der Waals surface area contributed by atoms with Crippen LogP contribution in [0.5, 0.6) is 0 Å². The molecule has 20 heavy (non-hydrogen) atoms. The maximum Gasteiger partial charge on any atom is 0.0802 e. The maximum absolute atomic E-state index is 10.3. The summed E-state index contributed by atoms with van der Waals surface area (Å²) in [6.45, 7) is 7.68. The fourth-order valence-electron chi connectivity index (χ4n) is 2.85. The Balaban J connectivity index is 1.84. The molecule has 1 saturated heterocycles. The molecule has 4 heteroatoms. The number of halogens is 1. The van der Waals surface area contributed by atoms with Crippen molar-refractivity contribution in [3.8, 4) is 0 Å². The molecular formula is C16H25BrN2O. The summed E-state index contributed by atoms with van der Waals surface area (Å²) in [6.07, 6.45) is 0.429. The fraction of sp³-hybridized carbons (Fsp3) is 0.625. The van der Waals surface area contributed by atoms with Gasteiger partial charge in [-0.15, -0.1) is 0 Å². The van der Waals surface area contributed by atoms with E-state index in [9.17, 15) is 5.11 Å². The van der Waals surface area contributed by atoms with Crippen molar-refractivity contribution in [3.63, 3.8) is 0 Å². The van der Waals surface area contributed by atoms with Crippen molar-refractivity contribution >= 4 is 15.9 Å². The number of piperazine rings is 1. The highest BCUT2D eigenvalue weighted by Gasteiger charge is 2.26. The summed E-state index contributed by atoms with van der Waals surface area (Å²) in [7, 11) is 2.20. The molecule has 3 nitrogen and oxygen atoms in total. The van der Waals surface area contributed by atoms with Gasteiger partial charge in [-0.2, -0.15) is 0 Å². The molecule has 0 aliphatic carbocycles. The molecule has 1 fully saturated rings. The molecule has 2 rings (SSSR count). The summed E-state index contributed by atoms with van der Waals surface area (Å²) in [5.74, 6) is 0. The van der Waals surface area contributed by atoms with Crippen molar-refractivity contribution in [1.29, 1.82) is 0 Å². The summed E-state index contributed by atoms with van der Waals surface area (Å²) in [6, 6.07) is 9.12. The van der Waals surface area contributed by atoms with Gasteiger partial charge in [0.1, 0.15) is 0 Å². The van der Waals surface area contributed by atoms with Crippen molar-refractivity contribution < 1.29 is 5.11 Å². The van der Waals surface area contributed by atoms with Gasteiger partial charge in [0.15, 0.2) is 0 Å². The molecule has 0 saturated carbocycles. The average molecular weight is 341 g/mol. The molecule has 3 atom stereocenters. The molecule has 112 valence electrons. The van der Waals surface area contributed by atoms with Crippen LogP contribution in [0.4, 0.5) is 0 Å². The number of nitrogens with zero attached hydrogens (tertiary/aromatic N) is 2. The third kappa shape index (κ3) is 4.04. The number of aliphatic hydroxyl groups excluding tert-OH is 1. The van der Waals surface area contributed by atoms with E-state index in [0.29, 0.717) is 12.1 Å². The topological polar surface area (TPSA) is 26.7 Å². The Morgan fingerprint density at radius 2 is 1.75 bits per heavy atom. The lowest BCUT2D eigenvalue weighted by atomic mass is 10.0. The van der Waals surface area contributed by atoms with E-state index in [1.54, 1.807) is 0 Å². The van der Waals surface area contributed by atoms with E-state index in [-0.39, 0.29) is 6.10 Å². The van der Waals surface area contributed by atoms with Crippen molar-refractivity contribution in [3.05, 3.63) is 34.3 Å². The second kappa shape index (κ2) is 7.03. The van der Waals surface area contributed by atoms with E-state index in [1.807, 2.05) is 24.3 Å². The highest BCUT2D eigenvalue weighted by atomic mass is 79.9. The molecule has 0 amide bonds. The fourth-order valence-corrected chi connectivity index (χ4v) is 3.12. The van der Waals surface area contributed by atoms with Crippen molar-refractivity contribution in [1.82, 2.24) is 9.80 Å². The van der Waals surface area contributed by atoms with E-state index in [1.165, 1.54) is 0 Å². The van der Waals surface area contributed by atoms with Gasteiger partial charge in [0.2, 0.25) is 0 Å². The number of hydrogen-bond acceptors (Lipinski definition) is 3. The van der Waals surface area contributed by atoms with Crippen LogP contribution in [0, 0.1) is 0 Å². The van der Waals surface area contributed by atoms with Gasteiger partial charge in [-0.1, -0.05) is 28.1 Å². The maximum atomic E-state index is 10.3. The van der Waals surface area contributed by atoms with Crippen LogP contribution < -0.4 is 0 Å². The van der Waals surface area contributed by atoms with E-state index in [0.717, 1.165) is 36.1 Å². The van der Waals surface area contributed by atoms with Crippen LogP contribution in [0.2, 0.25) is 0 Å². The van der Waals surface area contributed by atoms with Gasteiger partial charge in [0, 0.05) is 36.2 Å². The molecule has 1 aromatic rings. The third-order valence-corrected chi connectivity index (χ3v) is 4.94. The van der Waals surface area contributed by atoms with Crippen molar-refractivity contribution in [2.45, 2.75) is 38.5 Å². The Hall–Kier alpha value is -0.420. The first-order valence-electron chi connectivity index (χ1n) is 7.35. The summed E-state index contributed by atoms with van der Waals surface area (Å²) >= 11 is 3.42. The second-order valence-electron chi connectivity index (χ2n) is 5.98. The first-order valence-corrected chi connectivity index (χ1v) is 8.14. The van der Waals surface area contributed by atoms with Crippen LogP contribution in [-0.4, -0.2) is 53.7 Å². The number of aliphatic hydroxyl groups is 1. The lowest BCUT2D eigenvalue weighted by Gasteiger charge is -2.42. The largest absolute Gasteiger partial charge is 0.388 e. The quantitative estimate of drug-likeness (QED) is 0.912. The Morgan fingerprint density at radius 3 is 2.30 bits per heavy atom. The Labute approximate surface area is 130 Å². The number of rotatable bonds is 4. The molecule has 0 spiro atoms. The predicted molar refractivity (Wildman–Crippen MR) is 86.8 cm³/mol. The zero-order valence-corrected chi connectivity index (χ0v) is 14.2. The zero-order chi connectivity index (χ0) is 14.7. The van der Waals surface area contributed by atoms with E-state index >= 15 is 0 Å². The van der Waals surface area contributed by atoms with Crippen molar-refractivity contribution in [2.75, 3.05) is 26.7 Å². The summed E-state index contributed by atoms with van der Waals surface area (Å²) < 4.78 is 1.05. The monoisotopic (exact) mass is 340 g/mol. The molecule has 1 heterocycles. The van der Waals surface area contributed by atoms with E-state index < -0.39 is 0 Å². The van der Waals surface area contributed by atoms with Crippen LogP contribution in [0.25, 0.3) is 0 Å². The molecule has 0 aromatic heterocycles. The second-order valence-corrected chi connectivity index (χ2v) is 6.89. The van der Waals surface area contributed by atoms with Gasteiger partial charge in [-0.05, 0) is 45.0 Å². The van der Waals surface area contributed by atoms with Crippen LogP contribution >= 0.6 is 15.9 Å². The Kier molecular flexibility index (Phi) is 5.61. The lowest BCUT2D eigenvalue weighted by molar-refractivity contribution is 0.0485. The molecule has 1 aliphatic rings. The summed E-state index contributed by atoms with van der Waals surface area (Å²) in [5, 5.41) is 10.3. The smallest absolute Gasteiger partial charge is 0.0802 e. The minimum atomic E-state index is -0.367. The van der Waals surface area contributed by atoms with Crippen LogP contribution in [0.1, 0.15) is 31.9 Å². The highest BCUT2D eigenvalue weighted by Crippen LogP contribution is 2.21. The minimum absolute atomic E-state index is 0.367. The Morgan fingerprint density at radius 1 is 1.20 bits per heavy atom. The normalized spacial score (nSPS) is 26.6. The molecule has 1 aromatic carbocycles. The lowest BCUT2D eigenvalue weighted by Crippen LogP contribution is -2.55. The number of benzene rings is 1. The van der Waals surface area contributed by atoms with Gasteiger partial charge in [-0.25, -0.2) is 0 Å². The molecule has 1 N–H and O–H groups in total. The third-order valence-electron chi connectivity index (χ3n) is 4.41. The number of likely N-dealkylation sites (N-methyl/N-ethyl adjacent to an activating group) is 1. The molecule has 0 radical (unpaired) electrons. The zero-order valence-electron chi connectivity index (χ0n) is 12.6. The minimum Gasteiger partial charge on any atom is -0.388 e. The highest BCUT2D eigenvalue weighted by molar-refractivity contribution is 9.10. The predicted octanol–water partition coefficient (Wildman–Crippen LogP) is 2.90. The first-order chi connectivity index (χ1) is 9.47. The average Bonchev–Trinajstić information content (AvgIpc) is 2.42. The summed E-state index contributed by atoms with van der Waals surface area (Å²) in [4.78, 5) is 4.90. The van der Waals surface area contributed by atoms with Crippen LogP contribution in [0.3, 0.4) is 0 Å².